The van der Waals surface area contributed by atoms with Gasteiger partial charge < -0.3 is 10.1 Å². The standard InChI is InChI=1S/C22H16ClF3N4O3S/c1-11-27-19-20(34-11)18(12-3-6-14(33-2)7-4-12)29-30(21(19)32)10-17(31)28-16-9-13(22(24,25)26)5-8-15(16)23/h3-9H,10H2,1-2H3,(H,28,31). The van der Waals surface area contributed by atoms with Gasteiger partial charge in [-0.25, -0.2) is 9.67 Å². The number of rotatable bonds is 5. The summed E-state index contributed by atoms with van der Waals surface area (Å²) >= 11 is 7.24. The van der Waals surface area contributed by atoms with Gasteiger partial charge in [0.1, 0.15) is 18.0 Å². The van der Waals surface area contributed by atoms with E-state index in [1.165, 1.54) is 18.4 Å². The molecule has 1 N–H and O–H groups in total. The number of carbonyl (C=O) groups is 1. The lowest BCUT2D eigenvalue weighted by Crippen LogP contribution is -2.30. The molecule has 7 nitrogen and oxygen atoms in total. The molecule has 4 aromatic rings. The van der Waals surface area contributed by atoms with Gasteiger partial charge in [-0.2, -0.15) is 18.3 Å². The maximum atomic E-state index is 13.0. The second-order valence-electron chi connectivity index (χ2n) is 7.19. The predicted molar refractivity (Wildman–Crippen MR) is 123 cm³/mol. The Hall–Kier alpha value is -3.44. The maximum Gasteiger partial charge on any atom is 0.416 e. The molecule has 2 aromatic carbocycles. The molecule has 0 saturated carbocycles. The summed E-state index contributed by atoms with van der Waals surface area (Å²) in [5.41, 5.74) is -0.536. The van der Waals surface area contributed by atoms with Crippen molar-refractivity contribution in [3.63, 3.8) is 0 Å². The van der Waals surface area contributed by atoms with Gasteiger partial charge in [0.05, 0.1) is 33.1 Å². The first-order chi connectivity index (χ1) is 16.1. The number of halogens is 4. The Bertz CT molecular complexity index is 1450. The summed E-state index contributed by atoms with van der Waals surface area (Å²) in [4.78, 5) is 29.9. The molecule has 34 heavy (non-hydrogen) atoms. The summed E-state index contributed by atoms with van der Waals surface area (Å²) < 4.78 is 45.7. The van der Waals surface area contributed by atoms with Crippen LogP contribution in [0.1, 0.15) is 10.6 Å². The van der Waals surface area contributed by atoms with Gasteiger partial charge in [-0.05, 0) is 49.4 Å². The number of aromatic nitrogens is 3. The van der Waals surface area contributed by atoms with E-state index in [4.69, 9.17) is 16.3 Å². The van der Waals surface area contributed by atoms with E-state index in [2.05, 4.69) is 15.4 Å². The Morgan fingerprint density at radius 1 is 1.21 bits per heavy atom. The van der Waals surface area contributed by atoms with E-state index in [9.17, 15) is 22.8 Å². The average Bonchev–Trinajstić information content (AvgIpc) is 3.18. The SMILES string of the molecule is COc1ccc(-c2nn(CC(=O)Nc3cc(C(F)(F)F)ccc3Cl)c(=O)c3nc(C)sc23)cc1. The van der Waals surface area contributed by atoms with Gasteiger partial charge in [0.15, 0.2) is 5.52 Å². The van der Waals surface area contributed by atoms with Crippen LogP contribution in [0.3, 0.4) is 0 Å². The Labute approximate surface area is 199 Å². The van der Waals surface area contributed by atoms with Crippen LogP contribution in [0, 0.1) is 6.92 Å². The summed E-state index contributed by atoms with van der Waals surface area (Å²) in [7, 11) is 1.54. The molecule has 12 heteroatoms. The molecule has 0 bridgehead atoms. The van der Waals surface area contributed by atoms with Crippen LogP contribution in [0.25, 0.3) is 21.5 Å². The van der Waals surface area contributed by atoms with Crippen molar-refractivity contribution >= 4 is 44.7 Å². The maximum absolute atomic E-state index is 13.0. The van der Waals surface area contributed by atoms with Crippen molar-refractivity contribution < 1.29 is 22.7 Å². The van der Waals surface area contributed by atoms with Crippen molar-refractivity contribution in [2.75, 3.05) is 12.4 Å². The van der Waals surface area contributed by atoms with Crippen molar-refractivity contribution in [1.29, 1.82) is 0 Å². The van der Waals surface area contributed by atoms with Gasteiger partial charge in [0, 0.05) is 5.56 Å². The highest BCUT2D eigenvalue weighted by molar-refractivity contribution is 7.19. The molecule has 1 amide bonds. The Kier molecular flexibility index (Phi) is 6.32. The van der Waals surface area contributed by atoms with Crippen LogP contribution >= 0.6 is 22.9 Å². The summed E-state index contributed by atoms with van der Waals surface area (Å²) in [6.07, 6.45) is -4.61. The highest BCUT2D eigenvalue weighted by Gasteiger charge is 2.31. The van der Waals surface area contributed by atoms with E-state index in [1.807, 2.05) is 0 Å². The summed E-state index contributed by atoms with van der Waals surface area (Å²) in [6, 6.07) is 9.55. The largest absolute Gasteiger partial charge is 0.497 e. The van der Waals surface area contributed by atoms with Crippen LogP contribution in [0.5, 0.6) is 5.75 Å². The van der Waals surface area contributed by atoms with E-state index >= 15 is 0 Å². The number of nitrogens with zero attached hydrogens (tertiary/aromatic N) is 3. The average molecular weight is 509 g/mol. The molecule has 0 fully saturated rings. The molecule has 4 rings (SSSR count). The molecule has 0 unspecified atom stereocenters. The fourth-order valence-electron chi connectivity index (χ4n) is 3.23. The summed E-state index contributed by atoms with van der Waals surface area (Å²) in [5.74, 6) is -0.144. The quantitative estimate of drug-likeness (QED) is 0.403. The molecule has 0 aliphatic rings. The van der Waals surface area contributed by atoms with Gasteiger partial charge in [-0.15, -0.1) is 11.3 Å². The number of methoxy groups -OCH3 is 1. The molecule has 0 radical (unpaired) electrons. The number of hydrogen-bond acceptors (Lipinski definition) is 6. The molecule has 0 spiro atoms. The molecular formula is C22H16ClF3N4O3S. The number of fused-ring (bicyclic) bond motifs is 1. The predicted octanol–water partition coefficient (Wildman–Crippen LogP) is 5.15. The van der Waals surface area contributed by atoms with E-state index in [0.29, 0.717) is 26.7 Å². The number of aryl methyl sites for hydroxylation is 1. The van der Waals surface area contributed by atoms with Gasteiger partial charge in [0.2, 0.25) is 5.91 Å². The van der Waals surface area contributed by atoms with Crippen molar-refractivity contribution in [2.45, 2.75) is 19.6 Å². The number of amides is 1. The second-order valence-corrected chi connectivity index (χ2v) is 8.80. The molecule has 0 aliphatic heterocycles. The minimum Gasteiger partial charge on any atom is -0.497 e. The molecule has 0 saturated heterocycles. The Balaban J connectivity index is 1.70. The molecule has 176 valence electrons. The number of hydrogen-bond donors (Lipinski definition) is 1. The fourth-order valence-corrected chi connectivity index (χ4v) is 4.32. The molecule has 2 heterocycles. The molecule has 0 atom stereocenters. The van der Waals surface area contributed by atoms with Crippen LogP contribution in [-0.2, 0) is 17.5 Å². The minimum absolute atomic E-state index is 0.0776. The molecule has 2 aromatic heterocycles. The van der Waals surface area contributed by atoms with Crippen molar-refractivity contribution in [1.82, 2.24) is 14.8 Å². The Morgan fingerprint density at radius 2 is 1.91 bits per heavy atom. The number of nitrogens with one attached hydrogen (secondary N) is 1. The highest BCUT2D eigenvalue weighted by Crippen LogP contribution is 2.34. The first-order valence-corrected chi connectivity index (χ1v) is 11.0. The zero-order valence-electron chi connectivity index (χ0n) is 17.7. The lowest BCUT2D eigenvalue weighted by molar-refractivity contribution is -0.137. The third-order valence-electron chi connectivity index (χ3n) is 4.83. The van der Waals surface area contributed by atoms with Crippen LogP contribution in [0.4, 0.5) is 18.9 Å². The smallest absolute Gasteiger partial charge is 0.416 e. The normalized spacial score (nSPS) is 11.6. The molecular weight excluding hydrogens is 493 g/mol. The van der Waals surface area contributed by atoms with Gasteiger partial charge in [-0.1, -0.05) is 11.6 Å². The summed E-state index contributed by atoms with van der Waals surface area (Å²) in [5, 5.41) is 7.24. The minimum atomic E-state index is -4.61. The van der Waals surface area contributed by atoms with Gasteiger partial charge in [0.25, 0.3) is 5.56 Å². The number of alkyl halides is 3. The third-order valence-corrected chi connectivity index (χ3v) is 6.14. The topological polar surface area (TPSA) is 86.1 Å². The number of carbonyl (C=O) groups excluding carboxylic acids is 1. The highest BCUT2D eigenvalue weighted by atomic mass is 35.5. The third kappa shape index (κ3) is 4.75. The van der Waals surface area contributed by atoms with E-state index < -0.39 is 29.8 Å². The van der Waals surface area contributed by atoms with Crippen LogP contribution in [-0.4, -0.2) is 27.8 Å². The first kappa shape index (κ1) is 23.7. The number of thiazole rings is 1. The second kappa shape index (κ2) is 9.07. The first-order valence-electron chi connectivity index (χ1n) is 9.76. The number of benzene rings is 2. The summed E-state index contributed by atoms with van der Waals surface area (Å²) in [6.45, 7) is 1.19. The zero-order valence-corrected chi connectivity index (χ0v) is 19.3. The van der Waals surface area contributed by atoms with Crippen LogP contribution in [0.2, 0.25) is 5.02 Å². The van der Waals surface area contributed by atoms with E-state index in [-0.39, 0.29) is 16.2 Å². The lowest BCUT2D eigenvalue weighted by atomic mass is 10.1. The van der Waals surface area contributed by atoms with Crippen LogP contribution in [0.15, 0.2) is 47.3 Å². The van der Waals surface area contributed by atoms with Gasteiger partial charge >= 0.3 is 6.18 Å². The van der Waals surface area contributed by atoms with Gasteiger partial charge in [-0.3, -0.25) is 9.59 Å². The Morgan fingerprint density at radius 3 is 2.56 bits per heavy atom. The fraction of sp³-hybridized carbons (Fsp3) is 0.182. The van der Waals surface area contributed by atoms with Crippen molar-refractivity contribution in [2.24, 2.45) is 0 Å². The zero-order chi connectivity index (χ0) is 24.6. The molecule has 0 aliphatic carbocycles. The van der Waals surface area contributed by atoms with Crippen molar-refractivity contribution in [3.05, 3.63) is 68.4 Å². The monoisotopic (exact) mass is 508 g/mol. The van der Waals surface area contributed by atoms with Crippen molar-refractivity contribution in [3.8, 4) is 17.0 Å². The number of ether oxygens (including phenoxy) is 1. The lowest BCUT2D eigenvalue weighted by Gasteiger charge is -2.12. The van der Waals surface area contributed by atoms with E-state index in [1.54, 1.807) is 31.2 Å². The number of anilines is 1. The van der Waals surface area contributed by atoms with E-state index in [0.717, 1.165) is 22.9 Å². The van der Waals surface area contributed by atoms with Crippen LogP contribution < -0.4 is 15.6 Å².